The summed E-state index contributed by atoms with van der Waals surface area (Å²) >= 11 is 0. The van der Waals surface area contributed by atoms with Crippen LogP contribution in [0.15, 0.2) is 18.5 Å². The van der Waals surface area contributed by atoms with Crippen molar-refractivity contribution in [1.82, 2.24) is 9.97 Å². The van der Waals surface area contributed by atoms with E-state index in [9.17, 15) is 4.79 Å². The van der Waals surface area contributed by atoms with Crippen LogP contribution < -0.4 is 10.9 Å². The van der Waals surface area contributed by atoms with Crippen LogP contribution in [-0.2, 0) is 9.53 Å². The zero-order chi connectivity index (χ0) is 10.4. The lowest BCUT2D eigenvalue weighted by molar-refractivity contribution is -0.123. The highest BCUT2D eigenvalue weighted by molar-refractivity contribution is 5.91. The van der Waals surface area contributed by atoms with Gasteiger partial charge in [0.25, 0.3) is 5.91 Å². The fraction of sp³-hybridized carbons (Fsp3) is 0.375. The molecular formula is C8H12N4O2. The van der Waals surface area contributed by atoms with E-state index in [-0.39, 0.29) is 18.5 Å². The first kappa shape index (κ1) is 10.6. The summed E-state index contributed by atoms with van der Waals surface area (Å²) in [6, 6.07) is 1.64. The molecule has 0 saturated carbocycles. The van der Waals surface area contributed by atoms with E-state index in [4.69, 9.17) is 10.6 Å². The van der Waals surface area contributed by atoms with E-state index in [0.29, 0.717) is 6.61 Å². The molecule has 0 saturated heterocycles. The number of rotatable bonds is 4. The van der Waals surface area contributed by atoms with E-state index in [1.807, 2.05) is 0 Å². The predicted molar refractivity (Wildman–Crippen MR) is 50.2 cm³/mol. The van der Waals surface area contributed by atoms with Crippen LogP contribution in [-0.4, -0.2) is 29.1 Å². The van der Waals surface area contributed by atoms with Crippen LogP contribution in [0.3, 0.4) is 0 Å². The highest BCUT2D eigenvalue weighted by Crippen LogP contribution is 1.99. The number of nitrogens with two attached hydrogens (primary N) is 1. The van der Waals surface area contributed by atoms with E-state index in [0.717, 1.165) is 5.01 Å². The van der Waals surface area contributed by atoms with Gasteiger partial charge in [-0.2, -0.15) is 0 Å². The molecule has 0 radical (unpaired) electrons. The van der Waals surface area contributed by atoms with Gasteiger partial charge in [0.2, 0.25) is 5.95 Å². The molecule has 0 aliphatic rings. The molecule has 1 aromatic heterocycles. The molecule has 0 bridgehead atoms. The normalized spacial score (nSPS) is 9.86. The Balaban J connectivity index is 2.57. The SMILES string of the molecule is CCOCC(=O)N(N)c1ncccn1. The van der Waals surface area contributed by atoms with Gasteiger partial charge in [-0.25, -0.2) is 20.8 Å². The van der Waals surface area contributed by atoms with Crippen molar-refractivity contribution >= 4 is 11.9 Å². The van der Waals surface area contributed by atoms with Crippen molar-refractivity contribution < 1.29 is 9.53 Å². The Morgan fingerprint density at radius 3 is 2.79 bits per heavy atom. The summed E-state index contributed by atoms with van der Waals surface area (Å²) in [5.41, 5.74) is 0. The van der Waals surface area contributed by atoms with Crippen molar-refractivity contribution in [1.29, 1.82) is 0 Å². The standard InChI is InChI=1S/C8H12N4O2/c1-2-14-6-7(13)12(9)8-10-4-3-5-11-8/h3-5H,2,6,9H2,1H3. The first-order valence-corrected chi connectivity index (χ1v) is 4.18. The zero-order valence-electron chi connectivity index (χ0n) is 7.88. The van der Waals surface area contributed by atoms with Gasteiger partial charge in [0.05, 0.1) is 0 Å². The molecule has 0 unspecified atom stereocenters. The van der Waals surface area contributed by atoms with Crippen molar-refractivity contribution in [3.63, 3.8) is 0 Å². The summed E-state index contributed by atoms with van der Waals surface area (Å²) < 4.78 is 4.91. The Morgan fingerprint density at radius 2 is 2.21 bits per heavy atom. The molecule has 2 N–H and O–H groups in total. The Bertz CT molecular complexity index is 291. The van der Waals surface area contributed by atoms with Gasteiger partial charge in [-0.3, -0.25) is 4.79 Å². The number of amides is 1. The molecular weight excluding hydrogens is 184 g/mol. The predicted octanol–water partition coefficient (Wildman–Crippen LogP) is -0.280. The van der Waals surface area contributed by atoms with Crippen LogP contribution in [0.25, 0.3) is 0 Å². The average Bonchev–Trinajstić information content (AvgIpc) is 2.26. The second-order valence-corrected chi connectivity index (χ2v) is 2.45. The maximum absolute atomic E-state index is 11.3. The Morgan fingerprint density at radius 1 is 1.57 bits per heavy atom. The number of carbonyl (C=O) groups excluding carboxylic acids is 1. The van der Waals surface area contributed by atoms with E-state index in [1.54, 1.807) is 13.0 Å². The molecule has 0 aromatic carbocycles. The average molecular weight is 196 g/mol. The third-order valence-electron chi connectivity index (χ3n) is 1.47. The summed E-state index contributed by atoms with van der Waals surface area (Å²) in [6.45, 7) is 2.20. The lowest BCUT2D eigenvalue weighted by atomic mass is 10.6. The summed E-state index contributed by atoms with van der Waals surface area (Å²) in [7, 11) is 0. The number of aromatic nitrogens is 2. The summed E-state index contributed by atoms with van der Waals surface area (Å²) in [4.78, 5) is 18.9. The molecule has 0 fully saturated rings. The van der Waals surface area contributed by atoms with E-state index >= 15 is 0 Å². The van der Waals surface area contributed by atoms with Crippen molar-refractivity contribution in [3.8, 4) is 0 Å². The summed E-state index contributed by atoms with van der Waals surface area (Å²) in [5.74, 6) is 5.25. The van der Waals surface area contributed by atoms with Gasteiger partial charge in [0.15, 0.2) is 0 Å². The van der Waals surface area contributed by atoms with Gasteiger partial charge in [-0.1, -0.05) is 0 Å². The van der Waals surface area contributed by atoms with Gasteiger partial charge >= 0.3 is 0 Å². The first-order chi connectivity index (χ1) is 6.75. The largest absolute Gasteiger partial charge is 0.372 e. The van der Waals surface area contributed by atoms with Crippen LogP contribution in [0, 0.1) is 0 Å². The second-order valence-electron chi connectivity index (χ2n) is 2.45. The quantitative estimate of drug-likeness (QED) is 0.407. The number of ether oxygens (including phenoxy) is 1. The molecule has 0 atom stereocenters. The lowest BCUT2D eigenvalue weighted by Crippen LogP contribution is -2.41. The van der Waals surface area contributed by atoms with E-state index < -0.39 is 0 Å². The van der Waals surface area contributed by atoms with Crippen LogP contribution >= 0.6 is 0 Å². The molecule has 0 spiro atoms. The van der Waals surface area contributed by atoms with Crippen LogP contribution in [0.2, 0.25) is 0 Å². The minimum atomic E-state index is -0.377. The molecule has 0 aliphatic carbocycles. The molecule has 76 valence electrons. The zero-order valence-corrected chi connectivity index (χ0v) is 7.88. The first-order valence-electron chi connectivity index (χ1n) is 4.18. The van der Waals surface area contributed by atoms with Gasteiger partial charge in [0, 0.05) is 19.0 Å². The Hall–Kier alpha value is -1.53. The van der Waals surface area contributed by atoms with Gasteiger partial charge in [0.1, 0.15) is 6.61 Å². The molecule has 1 amide bonds. The minimum Gasteiger partial charge on any atom is -0.372 e. The van der Waals surface area contributed by atoms with Crippen LogP contribution in [0.5, 0.6) is 0 Å². The molecule has 1 aromatic rings. The van der Waals surface area contributed by atoms with E-state index in [1.165, 1.54) is 12.4 Å². The monoisotopic (exact) mass is 196 g/mol. The van der Waals surface area contributed by atoms with Crippen molar-refractivity contribution in [2.75, 3.05) is 18.2 Å². The van der Waals surface area contributed by atoms with Gasteiger partial charge < -0.3 is 4.74 Å². The fourth-order valence-corrected chi connectivity index (χ4v) is 0.786. The Labute approximate surface area is 81.7 Å². The van der Waals surface area contributed by atoms with Gasteiger partial charge in [-0.05, 0) is 13.0 Å². The maximum atomic E-state index is 11.3. The van der Waals surface area contributed by atoms with Crippen LogP contribution in [0.1, 0.15) is 6.92 Å². The number of nitrogens with zero attached hydrogens (tertiary/aromatic N) is 3. The molecule has 14 heavy (non-hydrogen) atoms. The highest BCUT2D eigenvalue weighted by Gasteiger charge is 2.13. The topological polar surface area (TPSA) is 81.3 Å². The molecule has 6 nitrogen and oxygen atoms in total. The Kier molecular flexibility index (Phi) is 3.96. The van der Waals surface area contributed by atoms with Crippen molar-refractivity contribution in [2.45, 2.75) is 6.92 Å². The highest BCUT2D eigenvalue weighted by atomic mass is 16.5. The third-order valence-corrected chi connectivity index (χ3v) is 1.47. The number of carbonyl (C=O) groups is 1. The van der Waals surface area contributed by atoms with Crippen molar-refractivity contribution in [2.24, 2.45) is 5.84 Å². The number of anilines is 1. The smallest absolute Gasteiger partial charge is 0.269 e. The number of hydrogen-bond acceptors (Lipinski definition) is 5. The summed E-state index contributed by atoms with van der Waals surface area (Å²) in [6.07, 6.45) is 3.02. The van der Waals surface area contributed by atoms with Crippen molar-refractivity contribution in [3.05, 3.63) is 18.5 Å². The lowest BCUT2D eigenvalue weighted by Gasteiger charge is -2.13. The molecule has 1 heterocycles. The molecule has 1 rings (SSSR count). The number of hydrogen-bond donors (Lipinski definition) is 1. The van der Waals surface area contributed by atoms with Gasteiger partial charge in [-0.15, -0.1) is 0 Å². The third kappa shape index (κ3) is 2.75. The number of hydrazine groups is 1. The second kappa shape index (κ2) is 5.25. The summed E-state index contributed by atoms with van der Waals surface area (Å²) in [5, 5.41) is 0.871. The minimum absolute atomic E-state index is 0.0642. The van der Waals surface area contributed by atoms with E-state index in [2.05, 4.69) is 9.97 Å². The maximum Gasteiger partial charge on any atom is 0.269 e. The molecule has 6 heteroatoms. The fourth-order valence-electron chi connectivity index (χ4n) is 0.786. The van der Waals surface area contributed by atoms with Crippen LogP contribution in [0.4, 0.5) is 5.95 Å². The molecule has 0 aliphatic heterocycles.